The van der Waals surface area contributed by atoms with E-state index in [4.69, 9.17) is 29.0 Å². The van der Waals surface area contributed by atoms with Gasteiger partial charge < -0.3 is 24.0 Å². The van der Waals surface area contributed by atoms with Gasteiger partial charge in [0.15, 0.2) is 22.8 Å². The number of rotatable bonds is 8. The van der Waals surface area contributed by atoms with E-state index in [0.717, 1.165) is 22.4 Å². The molecule has 7 aromatic rings. The summed E-state index contributed by atoms with van der Waals surface area (Å²) < 4.78 is 22.2. The highest BCUT2D eigenvalue weighted by Crippen LogP contribution is 2.49. The Kier molecular flexibility index (Phi) is 7.99. The van der Waals surface area contributed by atoms with Crippen LogP contribution in [0.4, 0.5) is 0 Å². The largest absolute Gasteiger partial charge is 0.453 e. The highest BCUT2D eigenvalue weighted by molar-refractivity contribution is 5.90. The summed E-state index contributed by atoms with van der Waals surface area (Å²) in [4.78, 5) is 20.3. The van der Waals surface area contributed by atoms with Crippen LogP contribution in [0.15, 0.2) is 152 Å². The lowest BCUT2D eigenvalue weighted by atomic mass is 10.2. The van der Waals surface area contributed by atoms with Crippen LogP contribution in [0.5, 0.6) is 40.2 Å². The lowest BCUT2D eigenvalue weighted by Gasteiger charge is -2.13. The highest BCUT2D eigenvalue weighted by atomic mass is 16.7. The van der Waals surface area contributed by atoms with Crippen LogP contribution in [0.3, 0.4) is 0 Å². The van der Waals surface area contributed by atoms with E-state index < -0.39 is 0 Å². The zero-order valence-corrected chi connectivity index (χ0v) is 27.7. The molecular weight excluding hydrogens is 649 g/mol. The molecule has 0 radical (unpaired) electrons. The van der Waals surface area contributed by atoms with Gasteiger partial charge in [-0.3, -0.25) is 0 Å². The zero-order valence-electron chi connectivity index (χ0n) is 27.7. The van der Waals surface area contributed by atoms with Gasteiger partial charge in [-0.15, -0.1) is 0 Å². The van der Waals surface area contributed by atoms with Crippen molar-refractivity contribution in [1.29, 1.82) is 0 Å². The molecule has 2 aliphatic rings. The number of aromatic nitrogens is 4. The van der Waals surface area contributed by atoms with Gasteiger partial charge >= 0.3 is 0 Å². The summed E-state index contributed by atoms with van der Waals surface area (Å²) in [6.45, 7) is 0. The standard InChI is InChI=1S/C44H30N4O4/c1-5-13-35(14-6-1)49-42-39-26-25-33(47-39)28-32-22-21-30(45-32)27-31-23-24-34(46-31)29-40-43(50-36-15-7-2-8-16-36)44(51-37-17-9-3-10-18-37)41(42)48(40)52-38-19-11-4-12-20-38/h1-29,45H. The van der Waals surface area contributed by atoms with Crippen LogP contribution >= 0.6 is 0 Å². The van der Waals surface area contributed by atoms with E-state index in [1.54, 1.807) is 4.73 Å². The Morgan fingerprint density at radius 3 is 1.46 bits per heavy atom. The predicted molar refractivity (Wildman–Crippen MR) is 205 cm³/mol. The maximum absolute atomic E-state index is 6.85. The van der Waals surface area contributed by atoms with Gasteiger partial charge in [-0.2, -0.15) is 4.73 Å². The van der Waals surface area contributed by atoms with Gasteiger partial charge in [-0.25, -0.2) is 9.97 Å². The van der Waals surface area contributed by atoms with Gasteiger partial charge in [0.2, 0.25) is 5.75 Å². The second kappa shape index (κ2) is 13.5. The molecule has 0 aliphatic carbocycles. The molecule has 0 saturated carbocycles. The number of para-hydroxylation sites is 4. The molecule has 0 spiro atoms. The molecule has 0 atom stereocenters. The molecular formula is C44H30N4O4. The van der Waals surface area contributed by atoms with Gasteiger partial charge in [0.1, 0.15) is 28.5 Å². The topological polar surface area (TPSA) is 83.4 Å². The lowest BCUT2D eigenvalue weighted by Crippen LogP contribution is -2.06. The van der Waals surface area contributed by atoms with Crippen molar-refractivity contribution in [3.63, 3.8) is 0 Å². The molecule has 3 aromatic heterocycles. The molecule has 5 heterocycles. The first-order chi connectivity index (χ1) is 25.7. The van der Waals surface area contributed by atoms with Gasteiger partial charge in [-0.1, -0.05) is 72.8 Å². The van der Waals surface area contributed by atoms with E-state index in [-0.39, 0.29) is 0 Å². The van der Waals surface area contributed by atoms with Crippen LogP contribution in [-0.2, 0) is 0 Å². The van der Waals surface area contributed by atoms with Crippen LogP contribution in [0.1, 0.15) is 22.8 Å². The second-order valence-electron chi connectivity index (χ2n) is 12.0. The van der Waals surface area contributed by atoms with E-state index in [1.807, 2.05) is 176 Å². The third-order valence-corrected chi connectivity index (χ3v) is 8.32. The molecule has 9 rings (SSSR count). The lowest BCUT2D eigenvalue weighted by molar-refractivity contribution is 0.237. The van der Waals surface area contributed by atoms with E-state index >= 15 is 0 Å². The number of hydrogen-bond donors (Lipinski definition) is 1. The number of benzene rings is 4. The minimum absolute atomic E-state index is 0.355. The molecule has 0 unspecified atom stereocenters. The van der Waals surface area contributed by atoms with E-state index in [1.165, 1.54) is 0 Å². The van der Waals surface area contributed by atoms with Crippen molar-refractivity contribution in [2.24, 2.45) is 0 Å². The van der Waals surface area contributed by atoms with Crippen molar-refractivity contribution < 1.29 is 19.0 Å². The average Bonchev–Trinajstić information content (AvgIpc) is 3.99. The zero-order chi connectivity index (χ0) is 34.7. The third-order valence-electron chi connectivity index (χ3n) is 8.32. The molecule has 0 amide bonds. The summed E-state index contributed by atoms with van der Waals surface area (Å²) in [6, 6.07) is 48.2. The van der Waals surface area contributed by atoms with Crippen LogP contribution in [0.25, 0.3) is 46.4 Å². The number of nitrogens with zero attached hydrogens (tertiary/aromatic N) is 3. The minimum Gasteiger partial charge on any atom is -0.453 e. The Labute approximate surface area is 299 Å². The van der Waals surface area contributed by atoms with Crippen molar-refractivity contribution in [2.75, 3.05) is 0 Å². The Morgan fingerprint density at radius 2 is 0.885 bits per heavy atom. The second-order valence-corrected chi connectivity index (χ2v) is 12.0. The molecule has 8 nitrogen and oxygen atoms in total. The van der Waals surface area contributed by atoms with E-state index in [9.17, 15) is 0 Å². The summed E-state index contributed by atoms with van der Waals surface area (Å²) in [6.07, 6.45) is 7.81. The Morgan fingerprint density at radius 1 is 0.423 bits per heavy atom. The monoisotopic (exact) mass is 678 g/mol. The van der Waals surface area contributed by atoms with Crippen molar-refractivity contribution in [2.45, 2.75) is 0 Å². The number of fused-ring (bicyclic) bond motifs is 8. The first-order valence-corrected chi connectivity index (χ1v) is 16.8. The first-order valence-electron chi connectivity index (χ1n) is 16.8. The van der Waals surface area contributed by atoms with Gasteiger partial charge in [0.25, 0.3) is 0 Å². The fourth-order valence-corrected chi connectivity index (χ4v) is 5.96. The highest BCUT2D eigenvalue weighted by Gasteiger charge is 2.28. The fourth-order valence-electron chi connectivity index (χ4n) is 5.96. The van der Waals surface area contributed by atoms with Crippen LogP contribution in [0, 0.1) is 0 Å². The number of ether oxygens (including phenoxy) is 3. The van der Waals surface area contributed by atoms with E-state index in [0.29, 0.717) is 62.7 Å². The van der Waals surface area contributed by atoms with Gasteiger partial charge in [0.05, 0.1) is 17.1 Å². The van der Waals surface area contributed by atoms with Gasteiger partial charge in [0, 0.05) is 11.0 Å². The summed E-state index contributed by atoms with van der Waals surface area (Å²) in [5.74, 6) is 3.49. The van der Waals surface area contributed by atoms with Crippen LogP contribution < -0.4 is 19.0 Å². The molecule has 8 heteroatoms. The molecule has 2 aliphatic heterocycles. The summed E-state index contributed by atoms with van der Waals surface area (Å²) in [7, 11) is 0. The van der Waals surface area contributed by atoms with Crippen LogP contribution in [0.2, 0.25) is 0 Å². The molecule has 4 aromatic carbocycles. The maximum Gasteiger partial charge on any atom is 0.203 e. The summed E-state index contributed by atoms with van der Waals surface area (Å²) >= 11 is 0. The Balaban J connectivity index is 1.47. The third kappa shape index (κ3) is 6.39. The first kappa shape index (κ1) is 30.7. The van der Waals surface area contributed by atoms with Crippen molar-refractivity contribution in [3.8, 4) is 40.2 Å². The predicted octanol–water partition coefficient (Wildman–Crippen LogP) is 11.3. The molecule has 250 valence electrons. The normalized spacial score (nSPS) is 11.7. The quantitative estimate of drug-likeness (QED) is 0.172. The fraction of sp³-hybridized carbons (Fsp3) is 0. The summed E-state index contributed by atoms with van der Waals surface area (Å²) in [5.41, 5.74) is 5.54. The molecule has 52 heavy (non-hydrogen) atoms. The molecule has 0 saturated heterocycles. The number of aromatic amines is 1. The average molecular weight is 679 g/mol. The SMILES string of the molecule is C1=Cc2cc3c(Oc4ccccc4)c(Oc4ccccc4)c(c(Oc4ccccc4)c4nc(cc5ccc(cc1n2)[nH]5)C=C4)n3Oc1ccccc1. The Hall–Kier alpha value is -7.32. The Bertz CT molecular complexity index is 2610. The number of hydrogen-bond acceptors (Lipinski definition) is 6. The molecule has 8 bridgehead atoms. The minimum atomic E-state index is 0.355. The van der Waals surface area contributed by atoms with Gasteiger partial charge in [-0.05, 0) is 103 Å². The smallest absolute Gasteiger partial charge is 0.203 e. The van der Waals surface area contributed by atoms with Crippen molar-refractivity contribution in [1.82, 2.24) is 19.7 Å². The van der Waals surface area contributed by atoms with Crippen LogP contribution in [-0.4, -0.2) is 19.7 Å². The molecule has 1 N–H and O–H groups in total. The number of nitrogens with one attached hydrogen (secondary N) is 1. The van der Waals surface area contributed by atoms with E-state index in [2.05, 4.69) is 4.98 Å². The molecule has 0 fully saturated rings. The van der Waals surface area contributed by atoms with Crippen molar-refractivity contribution in [3.05, 3.63) is 174 Å². The maximum atomic E-state index is 6.85. The number of H-pyrrole nitrogens is 1. The summed E-state index contributed by atoms with van der Waals surface area (Å²) in [5, 5.41) is 0. The van der Waals surface area contributed by atoms with Crippen molar-refractivity contribution >= 4 is 46.4 Å².